The zero-order valence-electron chi connectivity index (χ0n) is 12.7. The summed E-state index contributed by atoms with van der Waals surface area (Å²) in [5.41, 5.74) is -0.325. The maximum absolute atomic E-state index is 11.4. The third-order valence-corrected chi connectivity index (χ3v) is 1.88. The lowest BCUT2D eigenvalue weighted by Gasteiger charge is -2.21. The van der Waals surface area contributed by atoms with Crippen LogP contribution in [0.3, 0.4) is 0 Å². The fourth-order valence-electron chi connectivity index (χ4n) is 1.10. The van der Waals surface area contributed by atoms with Crippen LogP contribution in [-0.4, -0.2) is 37.0 Å². The van der Waals surface area contributed by atoms with E-state index in [2.05, 4.69) is 10.6 Å². The first-order valence-corrected chi connectivity index (χ1v) is 6.48. The van der Waals surface area contributed by atoms with Gasteiger partial charge in [0.1, 0.15) is 0 Å². The molecule has 0 aromatic rings. The second kappa shape index (κ2) is 7.86. The molecule has 19 heavy (non-hydrogen) atoms. The first-order chi connectivity index (χ1) is 8.60. The predicted octanol–water partition coefficient (Wildman–Crippen LogP) is 2.28. The van der Waals surface area contributed by atoms with Crippen LogP contribution >= 0.6 is 0 Å². The summed E-state index contributed by atoms with van der Waals surface area (Å²) in [7, 11) is 0. The van der Waals surface area contributed by atoms with E-state index in [4.69, 9.17) is 9.47 Å². The smallest absolute Gasteiger partial charge is 0.407 e. The molecule has 0 rings (SSSR count). The predicted molar refractivity (Wildman–Crippen MR) is 73.0 cm³/mol. The standard InChI is InChI=1S/C13H26N2O4/c1-9(2)14-11(16)18-7-10(3)8-19-12(17)15-13(4,5)6/h9-10H,7-8H2,1-6H3,(H,14,16)(H,15,17). The molecular formula is C13H26N2O4. The van der Waals surface area contributed by atoms with E-state index in [1.54, 1.807) is 0 Å². The Labute approximate surface area is 115 Å². The molecule has 0 aromatic carbocycles. The van der Waals surface area contributed by atoms with Crippen molar-refractivity contribution < 1.29 is 19.1 Å². The summed E-state index contributed by atoms with van der Waals surface area (Å²) in [6.45, 7) is 11.6. The molecule has 112 valence electrons. The number of hydrogen-bond donors (Lipinski definition) is 2. The Kier molecular flexibility index (Phi) is 7.26. The second-order valence-corrected chi connectivity index (χ2v) is 5.98. The lowest BCUT2D eigenvalue weighted by atomic mass is 10.1. The largest absolute Gasteiger partial charge is 0.449 e. The Hall–Kier alpha value is -1.46. The van der Waals surface area contributed by atoms with Gasteiger partial charge in [-0.1, -0.05) is 6.92 Å². The quantitative estimate of drug-likeness (QED) is 0.806. The van der Waals surface area contributed by atoms with E-state index in [9.17, 15) is 9.59 Å². The molecule has 2 amide bonds. The molecule has 0 aromatic heterocycles. The van der Waals surface area contributed by atoms with E-state index in [1.807, 2.05) is 41.5 Å². The van der Waals surface area contributed by atoms with Crippen LogP contribution in [0.4, 0.5) is 9.59 Å². The highest BCUT2D eigenvalue weighted by molar-refractivity contribution is 5.68. The fraction of sp³-hybridized carbons (Fsp3) is 0.846. The highest BCUT2D eigenvalue weighted by atomic mass is 16.6. The highest BCUT2D eigenvalue weighted by Crippen LogP contribution is 2.02. The lowest BCUT2D eigenvalue weighted by molar-refractivity contribution is 0.0875. The van der Waals surface area contributed by atoms with Crippen molar-refractivity contribution in [3.8, 4) is 0 Å². The Balaban J connectivity index is 3.78. The first kappa shape index (κ1) is 17.5. The fourth-order valence-corrected chi connectivity index (χ4v) is 1.10. The minimum Gasteiger partial charge on any atom is -0.449 e. The van der Waals surface area contributed by atoms with Crippen LogP contribution in [0.2, 0.25) is 0 Å². The van der Waals surface area contributed by atoms with Crippen molar-refractivity contribution in [2.24, 2.45) is 5.92 Å². The Morgan fingerprint density at radius 3 is 1.89 bits per heavy atom. The summed E-state index contributed by atoms with van der Waals surface area (Å²) in [5.74, 6) is -0.0522. The molecule has 2 N–H and O–H groups in total. The molecule has 0 bridgehead atoms. The number of carbonyl (C=O) groups is 2. The molecule has 0 aliphatic carbocycles. The Morgan fingerprint density at radius 2 is 1.47 bits per heavy atom. The van der Waals surface area contributed by atoms with Crippen molar-refractivity contribution >= 4 is 12.2 Å². The molecule has 0 heterocycles. The van der Waals surface area contributed by atoms with E-state index < -0.39 is 12.2 Å². The van der Waals surface area contributed by atoms with Crippen molar-refractivity contribution in [2.45, 2.75) is 53.1 Å². The van der Waals surface area contributed by atoms with Gasteiger partial charge >= 0.3 is 12.2 Å². The van der Waals surface area contributed by atoms with Gasteiger partial charge < -0.3 is 20.1 Å². The van der Waals surface area contributed by atoms with Gasteiger partial charge in [0.25, 0.3) is 0 Å². The van der Waals surface area contributed by atoms with Crippen molar-refractivity contribution in [3.63, 3.8) is 0 Å². The minimum absolute atomic E-state index is 0.0385. The average molecular weight is 274 g/mol. The summed E-state index contributed by atoms with van der Waals surface area (Å²) in [4.78, 5) is 22.6. The maximum atomic E-state index is 11.4. The van der Waals surface area contributed by atoms with Crippen molar-refractivity contribution in [2.75, 3.05) is 13.2 Å². The van der Waals surface area contributed by atoms with Gasteiger partial charge in [0.05, 0.1) is 13.2 Å². The normalized spacial score (nSPS) is 12.8. The van der Waals surface area contributed by atoms with Gasteiger partial charge in [0, 0.05) is 17.5 Å². The SMILES string of the molecule is CC(COC(=O)NC(C)C)COC(=O)NC(C)(C)C. The molecule has 0 saturated carbocycles. The van der Waals surface area contributed by atoms with Gasteiger partial charge in [-0.15, -0.1) is 0 Å². The van der Waals surface area contributed by atoms with Gasteiger partial charge in [-0.3, -0.25) is 0 Å². The topological polar surface area (TPSA) is 76.7 Å². The molecule has 0 fully saturated rings. The molecule has 0 radical (unpaired) electrons. The molecule has 0 aliphatic heterocycles. The van der Waals surface area contributed by atoms with Crippen LogP contribution in [0, 0.1) is 5.92 Å². The molecule has 1 atom stereocenters. The Morgan fingerprint density at radius 1 is 1.00 bits per heavy atom. The van der Waals surface area contributed by atoms with Crippen LogP contribution in [0.1, 0.15) is 41.5 Å². The zero-order valence-corrected chi connectivity index (χ0v) is 12.7. The van der Waals surface area contributed by atoms with Crippen LogP contribution in [0.25, 0.3) is 0 Å². The number of ether oxygens (including phenoxy) is 2. The minimum atomic E-state index is -0.467. The van der Waals surface area contributed by atoms with Crippen LogP contribution in [-0.2, 0) is 9.47 Å². The van der Waals surface area contributed by atoms with E-state index in [0.29, 0.717) is 0 Å². The third-order valence-electron chi connectivity index (χ3n) is 1.88. The van der Waals surface area contributed by atoms with Gasteiger partial charge in [-0.25, -0.2) is 9.59 Å². The van der Waals surface area contributed by atoms with Crippen LogP contribution in [0.5, 0.6) is 0 Å². The van der Waals surface area contributed by atoms with Gasteiger partial charge in [-0.2, -0.15) is 0 Å². The van der Waals surface area contributed by atoms with E-state index in [0.717, 1.165) is 0 Å². The monoisotopic (exact) mass is 274 g/mol. The van der Waals surface area contributed by atoms with Crippen LogP contribution in [0.15, 0.2) is 0 Å². The molecule has 0 spiro atoms. The summed E-state index contributed by atoms with van der Waals surface area (Å²) in [5, 5.41) is 5.30. The third kappa shape index (κ3) is 11.4. The summed E-state index contributed by atoms with van der Waals surface area (Å²) >= 11 is 0. The van der Waals surface area contributed by atoms with Crippen molar-refractivity contribution in [1.29, 1.82) is 0 Å². The number of nitrogens with one attached hydrogen (secondary N) is 2. The number of hydrogen-bond acceptors (Lipinski definition) is 4. The average Bonchev–Trinajstić information content (AvgIpc) is 2.20. The number of alkyl carbamates (subject to hydrolysis) is 2. The Bertz CT molecular complexity index is 298. The van der Waals surface area contributed by atoms with Gasteiger partial charge in [-0.05, 0) is 34.6 Å². The molecule has 6 nitrogen and oxygen atoms in total. The highest BCUT2D eigenvalue weighted by Gasteiger charge is 2.16. The van der Waals surface area contributed by atoms with Crippen LogP contribution < -0.4 is 10.6 Å². The first-order valence-electron chi connectivity index (χ1n) is 6.48. The lowest BCUT2D eigenvalue weighted by Crippen LogP contribution is -2.41. The maximum Gasteiger partial charge on any atom is 0.407 e. The number of rotatable bonds is 5. The zero-order chi connectivity index (χ0) is 15.1. The molecule has 0 saturated heterocycles. The summed E-state index contributed by atoms with van der Waals surface area (Å²) in [6, 6.07) is 0.0385. The number of amides is 2. The molecule has 6 heteroatoms. The van der Waals surface area contributed by atoms with E-state index in [1.165, 1.54) is 0 Å². The molecular weight excluding hydrogens is 248 g/mol. The van der Waals surface area contributed by atoms with Crippen molar-refractivity contribution in [3.05, 3.63) is 0 Å². The second-order valence-electron chi connectivity index (χ2n) is 5.98. The summed E-state index contributed by atoms with van der Waals surface area (Å²) in [6.07, 6.45) is -0.924. The van der Waals surface area contributed by atoms with Gasteiger partial charge in [0.15, 0.2) is 0 Å². The molecule has 0 aliphatic rings. The van der Waals surface area contributed by atoms with E-state index in [-0.39, 0.29) is 30.7 Å². The number of carbonyl (C=O) groups excluding carboxylic acids is 2. The van der Waals surface area contributed by atoms with E-state index >= 15 is 0 Å². The summed E-state index contributed by atoms with van der Waals surface area (Å²) < 4.78 is 10.0. The molecule has 1 unspecified atom stereocenters. The van der Waals surface area contributed by atoms with Crippen molar-refractivity contribution in [1.82, 2.24) is 10.6 Å². The van der Waals surface area contributed by atoms with Gasteiger partial charge in [0.2, 0.25) is 0 Å².